The molecule has 0 spiro atoms. The van der Waals surface area contributed by atoms with Crippen LogP contribution >= 0.6 is 0 Å². The Balaban J connectivity index is 1.65. The highest BCUT2D eigenvalue weighted by molar-refractivity contribution is 6.04. The molecule has 3 heterocycles. The molecule has 1 aromatic heterocycles. The first-order chi connectivity index (χ1) is 11.5. The molecule has 2 unspecified atom stereocenters. The normalized spacial score (nSPS) is 25.9. The molecule has 0 aliphatic carbocycles. The maximum Gasteiger partial charge on any atom is 0.253 e. The van der Waals surface area contributed by atoms with Crippen LogP contribution in [0.25, 0.3) is 11.0 Å². The van der Waals surface area contributed by atoms with E-state index in [-0.39, 0.29) is 17.5 Å². The quantitative estimate of drug-likeness (QED) is 0.888. The average Bonchev–Trinajstić information content (AvgIpc) is 2.87. The number of nitrogens with zero attached hydrogens (tertiary/aromatic N) is 2. The SMILES string of the molecule is Cc1nc2cc(F)cc(C(=O)NC3CC4CCC(C3)N4)c2nc1C. The van der Waals surface area contributed by atoms with E-state index in [9.17, 15) is 9.18 Å². The summed E-state index contributed by atoms with van der Waals surface area (Å²) in [6, 6.07) is 3.70. The number of hydrogen-bond acceptors (Lipinski definition) is 4. The van der Waals surface area contributed by atoms with Gasteiger partial charge in [0.05, 0.1) is 22.5 Å². The maximum atomic E-state index is 13.9. The van der Waals surface area contributed by atoms with Gasteiger partial charge in [0.25, 0.3) is 5.91 Å². The number of piperidine rings is 1. The smallest absolute Gasteiger partial charge is 0.253 e. The number of hydrogen-bond donors (Lipinski definition) is 2. The Morgan fingerprint density at radius 3 is 2.54 bits per heavy atom. The minimum Gasteiger partial charge on any atom is -0.349 e. The molecule has 2 saturated heterocycles. The van der Waals surface area contributed by atoms with Crippen LogP contribution in [0.3, 0.4) is 0 Å². The number of rotatable bonds is 2. The summed E-state index contributed by atoms with van der Waals surface area (Å²) < 4.78 is 13.9. The number of fused-ring (bicyclic) bond motifs is 3. The second-order valence-electron chi connectivity index (χ2n) is 7.00. The van der Waals surface area contributed by atoms with Crippen LogP contribution in [-0.4, -0.2) is 34.0 Å². The first kappa shape index (κ1) is 15.4. The van der Waals surface area contributed by atoms with E-state index in [1.54, 1.807) is 0 Å². The van der Waals surface area contributed by atoms with E-state index in [0.29, 0.717) is 23.1 Å². The molecule has 2 aliphatic heterocycles. The molecular weight excluding hydrogens is 307 g/mol. The highest BCUT2D eigenvalue weighted by atomic mass is 19.1. The lowest BCUT2D eigenvalue weighted by Crippen LogP contribution is -2.48. The fourth-order valence-corrected chi connectivity index (χ4v) is 3.91. The van der Waals surface area contributed by atoms with Gasteiger partial charge in [0.15, 0.2) is 0 Å². The molecule has 1 aromatic carbocycles. The zero-order chi connectivity index (χ0) is 16.8. The fourth-order valence-electron chi connectivity index (χ4n) is 3.91. The largest absolute Gasteiger partial charge is 0.349 e. The lowest BCUT2D eigenvalue weighted by atomic mass is 9.99. The van der Waals surface area contributed by atoms with E-state index >= 15 is 0 Å². The molecule has 0 saturated carbocycles. The van der Waals surface area contributed by atoms with Gasteiger partial charge in [-0.15, -0.1) is 0 Å². The summed E-state index contributed by atoms with van der Waals surface area (Å²) in [6.45, 7) is 3.68. The maximum absolute atomic E-state index is 13.9. The van der Waals surface area contributed by atoms with Gasteiger partial charge in [0, 0.05) is 24.2 Å². The molecule has 6 heteroatoms. The van der Waals surface area contributed by atoms with Crippen molar-refractivity contribution in [3.05, 3.63) is 34.9 Å². The van der Waals surface area contributed by atoms with Crippen molar-refractivity contribution >= 4 is 16.9 Å². The summed E-state index contributed by atoms with van der Waals surface area (Å²) in [6.07, 6.45) is 4.20. The Morgan fingerprint density at radius 1 is 1.17 bits per heavy atom. The van der Waals surface area contributed by atoms with Gasteiger partial charge in [0.1, 0.15) is 11.3 Å². The van der Waals surface area contributed by atoms with Gasteiger partial charge in [0.2, 0.25) is 0 Å². The molecule has 126 valence electrons. The third-order valence-corrected chi connectivity index (χ3v) is 5.20. The Bertz CT molecular complexity index is 810. The number of nitrogens with one attached hydrogen (secondary N) is 2. The van der Waals surface area contributed by atoms with Crippen LogP contribution in [0.5, 0.6) is 0 Å². The Kier molecular flexibility index (Phi) is 3.72. The van der Waals surface area contributed by atoms with E-state index in [2.05, 4.69) is 20.6 Å². The van der Waals surface area contributed by atoms with Crippen LogP contribution in [0.2, 0.25) is 0 Å². The van der Waals surface area contributed by atoms with Crippen LogP contribution in [-0.2, 0) is 0 Å². The van der Waals surface area contributed by atoms with E-state index < -0.39 is 5.82 Å². The highest BCUT2D eigenvalue weighted by Crippen LogP contribution is 2.27. The number of halogens is 1. The van der Waals surface area contributed by atoms with Crippen LogP contribution in [0, 0.1) is 19.7 Å². The van der Waals surface area contributed by atoms with Crippen LogP contribution in [0.15, 0.2) is 12.1 Å². The van der Waals surface area contributed by atoms with Gasteiger partial charge >= 0.3 is 0 Å². The second-order valence-corrected chi connectivity index (χ2v) is 7.00. The Labute approximate surface area is 140 Å². The second kappa shape index (κ2) is 5.77. The third kappa shape index (κ3) is 2.75. The predicted octanol–water partition coefficient (Wildman–Crippen LogP) is 2.40. The zero-order valence-corrected chi connectivity index (χ0v) is 13.9. The molecule has 2 fully saturated rings. The summed E-state index contributed by atoms with van der Waals surface area (Å²) in [4.78, 5) is 21.6. The van der Waals surface area contributed by atoms with Crippen molar-refractivity contribution in [3.63, 3.8) is 0 Å². The van der Waals surface area contributed by atoms with Crippen molar-refractivity contribution in [2.24, 2.45) is 0 Å². The van der Waals surface area contributed by atoms with Gasteiger partial charge in [-0.05, 0) is 45.6 Å². The minimum atomic E-state index is -0.462. The molecule has 1 amide bonds. The zero-order valence-electron chi connectivity index (χ0n) is 13.9. The Hall–Kier alpha value is -2.08. The van der Waals surface area contributed by atoms with E-state index in [4.69, 9.17) is 0 Å². The molecule has 0 radical (unpaired) electrons. The van der Waals surface area contributed by atoms with E-state index in [1.807, 2.05) is 13.8 Å². The van der Waals surface area contributed by atoms with E-state index in [1.165, 1.54) is 25.0 Å². The van der Waals surface area contributed by atoms with Crippen molar-refractivity contribution in [1.82, 2.24) is 20.6 Å². The first-order valence-electron chi connectivity index (χ1n) is 8.51. The lowest BCUT2D eigenvalue weighted by Gasteiger charge is -2.29. The van der Waals surface area contributed by atoms with Gasteiger partial charge in [-0.2, -0.15) is 0 Å². The van der Waals surface area contributed by atoms with Crippen LogP contribution in [0.1, 0.15) is 47.4 Å². The molecule has 2 aromatic rings. The van der Waals surface area contributed by atoms with Crippen LogP contribution in [0.4, 0.5) is 4.39 Å². The Morgan fingerprint density at radius 2 is 1.83 bits per heavy atom. The number of carbonyl (C=O) groups excluding carboxylic acids is 1. The number of benzene rings is 1. The van der Waals surface area contributed by atoms with Gasteiger partial charge in [-0.3, -0.25) is 4.79 Å². The van der Waals surface area contributed by atoms with E-state index in [0.717, 1.165) is 24.2 Å². The van der Waals surface area contributed by atoms with Crippen molar-refractivity contribution in [2.75, 3.05) is 0 Å². The number of amides is 1. The summed E-state index contributed by atoms with van der Waals surface area (Å²) in [5.41, 5.74) is 2.66. The molecule has 2 atom stereocenters. The number of aromatic nitrogens is 2. The topological polar surface area (TPSA) is 66.9 Å². The molecule has 4 rings (SSSR count). The standard InChI is InChI=1S/C18H21FN4O/c1-9-10(2)21-17-15(5-11(19)6-16(17)20-9)18(24)23-14-7-12-3-4-13(8-14)22-12/h5-6,12-14,22H,3-4,7-8H2,1-2H3,(H,23,24). The van der Waals surface area contributed by atoms with Gasteiger partial charge < -0.3 is 10.6 Å². The molecule has 24 heavy (non-hydrogen) atoms. The predicted molar refractivity (Wildman–Crippen MR) is 89.4 cm³/mol. The first-order valence-corrected chi connectivity index (χ1v) is 8.51. The van der Waals surface area contributed by atoms with Crippen molar-refractivity contribution in [1.29, 1.82) is 0 Å². The molecule has 2 aliphatic rings. The highest BCUT2D eigenvalue weighted by Gasteiger charge is 2.34. The van der Waals surface area contributed by atoms with Crippen LogP contribution < -0.4 is 10.6 Å². The fraction of sp³-hybridized carbons (Fsp3) is 0.500. The van der Waals surface area contributed by atoms with Crippen molar-refractivity contribution in [2.45, 2.75) is 57.7 Å². The molecule has 2 N–H and O–H groups in total. The number of aryl methyl sites for hydroxylation is 2. The van der Waals surface area contributed by atoms with Gasteiger partial charge in [-0.25, -0.2) is 14.4 Å². The van der Waals surface area contributed by atoms with Crippen molar-refractivity contribution in [3.8, 4) is 0 Å². The molecule has 5 nitrogen and oxygen atoms in total. The lowest BCUT2D eigenvalue weighted by molar-refractivity contribution is 0.0925. The third-order valence-electron chi connectivity index (χ3n) is 5.20. The average molecular weight is 328 g/mol. The molecular formula is C18H21FN4O. The summed E-state index contributed by atoms with van der Waals surface area (Å²) in [5.74, 6) is -0.723. The summed E-state index contributed by atoms with van der Waals surface area (Å²) in [7, 11) is 0. The van der Waals surface area contributed by atoms with Crippen molar-refractivity contribution < 1.29 is 9.18 Å². The number of carbonyl (C=O) groups is 1. The summed E-state index contributed by atoms with van der Waals surface area (Å²) >= 11 is 0. The molecule has 2 bridgehead atoms. The monoisotopic (exact) mass is 328 g/mol. The summed E-state index contributed by atoms with van der Waals surface area (Å²) in [5, 5.41) is 6.63. The minimum absolute atomic E-state index is 0.133. The van der Waals surface area contributed by atoms with Gasteiger partial charge in [-0.1, -0.05) is 0 Å².